The minimum Gasteiger partial charge on any atom is -0.376 e. The highest BCUT2D eigenvalue weighted by Gasteiger charge is 2.09. The molecule has 0 atom stereocenters. The molecule has 0 radical (unpaired) electrons. The highest BCUT2D eigenvalue weighted by molar-refractivity contribution is 5.80. The summed E-state index contributed by atoms with van der Waals surface area (Å²) in [4.78, 5) is 16.1. The molecule has 27 heavy (non-hydrogen) atoms. The summed E-state index contributed by atoms with van der Waals surface area (Å²) in [6.07, 6.45) is 3.31. The van der Waals surface area contributed by atoms with Gasteiger partial charge >= 0.3 is 0 Å². The normalized spacial score (nSPS) is 10.3. The first kappa shape index (κ1) is 18.1. The van der Waals surface area contributed by atoms with Crippen molar-refractivity contribution in [1.82, 2.24) is 14.9 Å². The molecule has 1 heterocycles. The van der Waals surface area contributed by atoms with E-state index < -0.39 is 0 Å². The third-order valence-electron chi connectivity index (χ3n) is 4.05. The molecule has 0 aliphatic carbocycles. The average molecular weight is 363 g/mol. The number of carbonyl (C=O) groups excluding carboxylic acids is 1. The number of rotatable bonds is 6. The predicted molar refractivity (Wildman–Crippen MR) is 99.8 cm³/mol. The summed E-state index contributed by atoms with van der Waals surface area (Å²) in [5.74, 6) is 0.108. The summed E-state index contributed by atoms with van der Waals surface area (Å²) < 4.78 is 16.0. The zero-order valence-electron chi connectivity index (χ0n) is 14.7. The van der Waals surface area contributed by atoms with Gasteiger partial charge in [0.05, 0.1) is 23.9 Å². The van der Waals surface area contributed by atoms with Crippen molar-refractivity contribution in [3.63, 3.8) is 0 Å². The molecular formula is C20H18FN5O. The van der Waals surface area contributed by atoms with E-state index in [0.29, 0.717) is 22.6 Å². The molecule has 0 aliphatic heterocycles. The second-order valence-electron chi connectivity index (χ2n) is 5.95. The Hall–Kier alpha value is -3.66. The van der Waals surface area contributed by atoms with Gasteiger partial charge in [0, 0.05) is 24.6 Å². The number of nitriles is 1. The molecule has 0 aliphatic rings. The molecule has 3 rings (SSSR count). The van der Waals surface area contributed by atoms with E-state index >= 15 is 0 Å². The molecule has 1 aromatic heterocycles. The zero-order valence-corrected chi connectivity index (χ0v) is 14.7. The standard InChI is InChI=1S/C20H18FN5O/c1-14-23-8-9-26(14)19-7-4-16(10-18(19)21)12-25-20(27)13-24-17-5-2-15(11-22)3-6-17/h2-10,24H,12-13H2,1H3,(H,25,27). The summed E-state index contributed by atoms with van der Waals surface area (Å²) in [6, 6.07) is 13.7. The molecule has 2 aromatic carbocycles. The van der Waals surface area contributed by atoms with Gasteiger partial charge in [0.2, 0.25) is 5.91 Å². The topological polar surface area (TPSA) is 82.7 Å². The molecule has 136 valence electrons. The van der Waals surface area contributed by atoms with Gasteiger partial charge < -0.3 is 15.2 Å². The number of amides is 1. The first-order valence-corrected chi connectivity index (χ1v) is 8.36. The Bertz CT molecular complexity index is 988. The summed E-state index contributed by atoms with van der Waals surface area (Å²) in [7, 11) is 0. The number of aromatic nitrogens is 2. The second kappa shape index (κ2) is 8.15. The molecule has 0 unspecified atom stereocenters. The van der Waals surface area contributed by atoms with Gasteiger partial charge in [-0.15, -0.1) is 0 Å². The van der Waals surface area contributed by atoms with Crippen molar-refractivity contribution in [2.24, 2.45) is 0 Å². The lowest BCUT2D eigenvalue weighted by Gasteiger charge is -2.10. The number of carbonyl (C=O) groups is 1. The van der Waals surface area contributed by atoms with E-state index in [4.69, 9.17) is 5.26 Å². The van der Waals surface area contributed by atoms with Crippen LogP contribution in [0.15, 0.2) is 54.9 Å². The maximum atomic E-state index is 14.4. The van der Waals surface area contributed by atoms with E-state index in [9.17, 15) is 9.18 Å². The molecule has 7 heteroatoms. The summed E-state index contributed by atoms with van der Waals surface area (Å²) in [5, 5.41) is 14.5. The SMILES string of the molecule is Cc1nccn1-c1ccc(CNC(=O)CNc2ccc(C#N)cc2)cc1F. The Morgan fingerprint density at radius 3 is 2.67 bits per heavy atom. The lowest BCUT2D eigenvalue weighted by Crippen LogP contribution is -2.29. The van der Waals surface area contributed by atoms with Crippen LogP contribution < -0.4 is 10.6 Å². The van der Waals surface area contributed by atoms with E-state index in [0.717, 1.165) is 5.69 Å². The van der Waals surface area contributed by atoms with Crippen LogP contribution in [0.2, 0.25) is 0 Å². The van der Waals surface area contributed by atoms with Gasteiger partial charge in [0.15, 0.2) is 0 Å². The number of nitrogens with zero attached hydrogens (tertiary/aromatic N) is 3. The summed E-state index contributed by atoms with van der Waals surface area (Å²) in [5.41, 5.74) is 2.39. The number of hydrogen-bond donors (Lipinski definition) is 2. The molecule has 2 N–H and O–H groups in total. The number of aryl methyl sites for hydroxylation is 1. The first-order valence-electron chi connectivity index (χ1n) is 8.36. The fourth-order valence-electron chi connectivity index (χ4n) is 2.60. The molecule has 0 bridgehead atoms. The number of halogens is 1. The lowest BCUT2D eigenvalue weighted by molar-refractivity contribution is -0.119. The molecule has 0 saturated carbocycles. The van der Waals surface area contributed by atoms with E-state index in [1.165, 1.54) is 6.07 Å². The van der Waals surface area contributed by atoms with E-state index in [1.54, 1.807) is 60.3 Å². The smallest absolute Gasteiger partial charge is 0.239 e. The first-order chi connectivity index (χ1) is 13.1. The molecular weight excluding hydrogens is 345 g/mol. The van der Waals surface area contributed by atoms with Gasteiger partial charge in [-0.3, -0.25) is 4.79 Å². The Morgan fingerprint density at radius 1 is 1.26 bits per heavy atom. The lowest BCUT2D eigenvalue weighted by atomic mass is 10.2. The van der Waals surface area contributed by atoms with Crippen LogP contribution in [0.3, 0.4) is 0 Å². The zero-order chi connectivity index (χ0) is 19.2. The summed E-state index contributed by atoms with van der Waals surface area (Å²) in [6.45, 7) is 2.11. The van der Waals surface area contributed by atoms with Gasteiger partial charge in [-0.2, -0.15) is 5.26 Å². The van der Waals surface area contributed by atoms with Crippen LogP contribution in [0.25, 0.3) is 5.69 Å². The number of imidazole rings is 1. The van der Waals surface area contributed by atoms with E-state index in [-0.39, 0.29) is 24.8 Å². The highest BCUT2D eigenvalue weighted by Crippen LogP contribution is 2.16. The van der Waals surface area contributed by atoms with Crippen molar-refractivity contribution < 1.29 is 9.18 Å². The van der Waals surface area contributed by atoms with Crippen molar-refractivity contribution in [2.75, 3.05) is 11.9 Å². The van der Waals surface area contributed by atoms with Crippen LogP contribution in [0.4, 0.5) is 10.1 Å². The number of anilines is 1. The van der Waals surface area contributed by atoms with Crippen LogP contribution in [-0.2, 0) is 11.3 Å². The minimum atomic E-state index is -0.376. The van der Waals surface area contributed by atoms with Crippen molar-refractivity contribution in [3.8, 4) is 11.8 Å². The quantitative estimate of drug-likeness (QED) is 0.705. The molecule has 6 nitrogen and oxygen atoms in total. The third kappa shape index (κ3) is 4.50. The fourth-order valence-corrected chi connectivity index (χ4v) is 2.60. The van der Waals surface area contributed by atoms with Gasteiger partial charge in [-0.1, -0.05) is 6.07 Å². The number of nitrogens with one attached hydrogen (secondary N) is 2. The van der Waals surface area contributed by atoms with Gasteiger partial charge in [-0.25, -0.2) is 9.37 Å². The van der Waals surface area contributed by atoms with E-state index in [2.05, 4.69) is 15.6 Å². The van der Waals surface area contributed by atoms with Crippen molar-refractivity contribution in [3.05, 3.63) is 77.6 Å². The van der Waals surface area contributed by atoms with Gasteiger partial charge in [-0.05, 0) is 48.9 Å². The second-order valence-corrected chi connectivity index (χ2v) is 5.95. The Kier molecular flexibility index (Phi) is 5.47. The molecule has 3 aromatic rings. The Balaban J connectivity index is 1.53. The van der Waals surface area contributed by atoms with Crippen molar-refractivity contribution in [1.29, 1.82) is 5.26 Å². The fraction of sp³-hybridized carbons (Fsp3) is 0.150. The minimum absolute atomic E-state index is 0.0840. The van der Waals surface area contributed by atoms with Gasteiger partial charge in [0.1, 0.15) is 11.6 Å². The van der Waals surface area contributed by atoms with Crippen molar-refractivity contribution >= 4 is 11.6 Å². The number of hydrogen-bond acceptors (Lipinski definition) is 4. The summed E-state index contributed by atoms with van der Waals surface area (Å²) >= 11 is 0. The van der Waals surface area contributed by atoms with Crippen LogP contribution in [0, 0.1) is 24.1 Å². The predicted octanol–water partition coefficient (Wildman–Crippen LogP) is 2.92. The molecule has 0 saturated heterocycles. The van der Waals surface area contributed by atoms with Crippen LogP contribution in [0.1, 0.15) is 17.0 Å². The maximum absolute atomic E-state index is 14.4. The van der Waals surface area contributed by atoms with Crippen molar-refractivity contribution in [2.45, 2.75) is 13.5 Å². The average Bonchev–Trinajstić information content (AvgIpc) is 3.11. The molecule has 1 amide bonds. The molecule has 0 fully saturated rings. The molecule has 0 spiro atoms. The van der Waals surface area contributed by atoms with Crippen LogP contribution >= 0.6 is 0 Å². The van der Waals surface area contributed by atoms with Crippen LogP contribution in [0.5, 0.6) is 0 Å². The monoisotopic (exact) mass is 363 g/mol. The Morgan fingerprint density at radius 2 is 2.04 bits per heavy atom. The largest absolute Gasteiger partial charge is 0.376 e. The highest BCUT2D eigenvalue weighted by atomic mass is 19.1. The third-order valence-corrected chi connectivity index (χ3v) is 4.05. The Labute approximate surface area is 156 Å². The number of benzene rings is 2. The van der Waals surface area contributed by atoms with E-state index in [1.807, 2.05) is 6.07 Å². The van der Waals surface area contributed by atoms with Gasteiger partial charge in [0.25, 0.3) is 0 Å². The maximum Gasteiger partial charge on any atom is 0.239 e. The van der Waals surface area contributed by atoms with Crippen LogP contribution in [-0.4, -0.2) is 22.0 Å².